The molecule has 0 aliphatic heterocycles. The zero-order valence-corrected chi connectivity index (χ0v) is 21.0. The van der Waals surface area contributed by atoms with Gasteiger partial charge in [0.15, 0.2) is 0 Å². The molecule has 1 aromatic heterocycles. The van der Waals surface area contributed by atoms with Crippen molar-refractivity contribution in [3.63, 3.8) is 0 Å². The maximum atomic E-state index is 13.6. The van der Waals surface area contributed by atoms with E-state index in [-0.39, 0.29) is 17.2 Å². The van der Waals surface area contributed by atoms with Crippen LogP contribution in [0.25, 0.3) is 10.9 Å². The molecule has 4 nitrogen and oxygen atoms in total. The summed E-state index contributed by atoms with van der Waals surface area (Å²) in [4.78, 5) is 0. The van der Waals surface area contributed by atoms with Crippen LogP contribution in [0.5, 0.6) is 0 Å². The molecule has 34 heavy (non-hydrogen) atoms. The van der Waals surface area contributed by atoms with Gasteiger partial charge in [-0.15, -0.1) is 0 Å². The highest BCUT2D eigenvalue weighted by Crippen LogP contribution is 2.68. The molecule has 0 saturated heterocycles. The van der Waals surface area contributed by atoms with Crippen LogP contribution in [0.2, 0.25) is 0 Å². The van der Waals surface area contributed by atoms with Gasteiger partial charge in [-0.1, -0.05) is 13.8 Å². The summed E-state index contributed by atoms with van der Waals surface area (Å²) < 4.78 is 15.5. The molecule has 0 bridgehead atoms. The van der Waals surface area contributed by atoms with E-state index in [1.807, 2.05) is 11.6 Å². The lowest BCUT2D eigenvalue weighted by molar-refractivity contribution is -0.150. The fourth-order valence-corrected chi connectivity index (χ4v) is 9.61. The Labute approximate surface area is 202 Å². The summed E-state index contributed by atoms with van der Waals surface area (Å²) in [6.45, 7) is 7.52. The minimum Gasteiger partial charge on any atom is -0.391 e. The van der Waals surface area contributed by atoms with Crippen LogP contribution in [0.15, 0.2) is 24.4 Å². The molecule has 5 heteroatoms. The van der Waals surface area contributed by atoms with Gasteiger partial charge < -0.3 is 10.2 Å². The van der Waals surface area contributed by atoms with Gasteiger partial charge >= 0.3 is 0 Å². The highest BCUT2D eigenvalue weighted by molar-refractivity contribution is 5.78. The Bertz CT molecular complexity index is 1080. The summed E-state index contributed by atoms with van der Waals surface area (Å²) in [5, 5.41) is 27.5. The number of halogens is 1. The van der Waals surface area contributed by atoms with Gasteiger partial charge in [0.2, 0.25) is 0 Å². The van der Waals surface area contributed by atoms with Gasteiger partial charge in [-0.25, -0.2) is 4.39 Å². The van der Waals surface area contributed by atoms with Crippen molar-refractivity contribution in [3.05, 3.63) is 30.2 Å². The molecular weight excluding hydrogens is 427 g/mol. The Morgan fingerprint density at radius 2 is 1.82 bits per heavy atom. The first-order valence-electron chi connectivity index (χ1n) is 13.6. The monoisotopic (exact) mass is 468 g/mol. The Morgan fingerprint density at radius 1 is 1.03 bits per heavy atom. The molecule has 186 valence electrons. The number of hydrogen-bond donors (Lipinski definition) is 2. The Kier molecular flexibility index (Phi) is 5.25. The van der Waals surface area contributed by atoms with Crippen molar-refractivity contribution >= 4 is 10.9 Å². The summed E-state index contributed by atoms with van der Waals surface area (Å²) in [5.74, 6) is 2.91. The van der Waals surface area contributed by atoms with E-state index in [9.17, 15) is 14.6 Å². The highest BCUT2D eigenvalue weighted by atomic mass is 19.1. The van der Waals surface area contributed by atoms with Gasteiger partial charge in [-0.2, -0.15) is 5.10 Å². The number of fused-ring (bicyclic) bond motifs is 6. The zero-order valence-electron chi connectivity index (χ0n) is 21.0. The number of rotatable bonds is 3. The van der Waals surface area contributed by atoms with Crippen molar-refractivity contribution in [2.24, 2.45) is 40.4 Å². The Hall–Kier alpha value is -1.46. The van der Waals surface area contributed by atoms with E-state index in [4.69, 9.17) is 0 Å². The van der Waals surface area contributed by atoms with Crippen molar-refractivity contribution in [2.75, 3.05) is 0 Å². The van der Waals surface area contributed by atoms with E-state index >= 15 is 0 Å². The lowest BCUT2D eigenvalue weighted by Gasteiger charge is -2.62. The summed E-state index contributed by atoms with van der Waals surface area (Å²) in [6.07, 6.45) is 11.7. The zero-order chi connectivity index (χ0) is 23.9. The average Bonchev–Trinajstić information content (AvgIpc) is 3.34. The lowest BCUT2D eigenvalue weighted by atomic mass is 9.44. The second-order valence-electron chi connectivity index (χ2n) is 13.2. The van der Waals surface area contributed by atoms with E-state index in [1.165, 1.54) is 44.2 Å². The molecule has 1 aromatic carbocycles. The van der Waals surface area contributed by atoms with E-state index in [1.54, 1.807) is 12.3 Å². The molecule has 9 atom stereocenters. The van der Waals surface area contributed by atoms with E-state index in [0.29, 0.717) is 23.8 Å². The van der Waals surface area contributed by atoms with Crippen LogP contribution < -0.4 is 0 Å². The first-order valence-corrected chi connectivity index (χ1v) is 13.6. The third kappa shape index (κ3) is 3.40. The molecule has 0 amide bonds. The first-order chi connectivity index (χ1) is 16.1. The molecule has 2 unspecified atom stereocenters. The molecule has 4 aliphatic rings. The van der Waals surface area contributed by atoms with Crippen LogP contribution in [-0.4, -0.2) is 31.7 Å². The van der Waals surface area contributed by atoms with Gasteiger partial charge in [0.1, 0.15) is 5.82 Å². The molecule has 0 spiro atoms. The number of hydrogen-bond acceptors (Lipinski definition) is 3. The fourth-order valence-electron chi connectivity index (χ4n) is 9.61. The van der Waals surface area contributed by atoms with Gasteiger partial charge in [-0.3, -0.25) is 4.68 Å². The third-order valence-electron chi connectivity index (χ3n) is 11.5. The lowest BCUT2D eigenvalue weighted by Crippen LogP contribution is -2.56. The van der Waals surface area contributed by atoms with E-state index in [2.05, 4.69) is 18.9 Å². The van der Waals surface area contributed by atoms with Crippen LogP contribution in [-0.2, 0) is 6.54 Å². The second-order valence-corrected chi connectivity index (χ2v) is 13.2. The molecule has 2 aromatic rings. The number of benzene rings is 1. The molecule has 2 N–H and O–H groups in total. The van der Waals surface area contributed by atoms with Gasteiger partial charge in [0, 0.05) is 5.39 Å². The topological polar surface area (TPSA) is 58.3 Å². The van der Waals surface area contributed by atoms with Crippen molar-refractivity contribution in [1.82, 2.24) is 9.78 Å². The summed E-state index contributed by atoms with van der Waals surface area (Å²) in [6, 6.07) is 4.76. The van der Waals surface area contributed by atoms with Gasteiger partial charge in [0.25, 0.3) is 0 Å². The third-order valence-corrected chi connectivity index (χ3v) is 11.5. The smallest absolute Gasteiger partial charge is 0.124 e. The summed E-state index contributed by atoms with van der Waals surface area (Å²) >= 11 is 0. The second kappa shape index (κ2) is 7.77. The first kappa shape index (κ1) is 23.0. The van der Waals surface area contributed by atoms with Crippen LogP contribution >= 0.6 is 0 Å². The average molecular weight is 469 g/mol. The fraction of sp³-hybridized carbons (Fsp3) is 0.759. The maximum Gasteiger partial charge on any atom is 0.124 e. The van der Waals surface area contributed by atoms with Crippen LogP contribution in [0.3, 0.4) is 0 Å². The molecule has 0 radical (unpaired) electrons. The predicted octanol–water partition coefficient (Wildman–Crippen LogP) is 5.95. The molecular formula is C29H41FN2O2. The maximum absolute atomic E-state index is 13.6. The summed E-state index contributed by atoms with van der Waals surface area (Å²) in [7, 11) is 0. The largest absolute Gasteiger partial charge is 0.391 e. The van der Waals surface area contributed by atoms with Crippen molar-refractivity contribution in [2.45, 2.75) is 96.8 Å². The number of nitrogens with zero attached hydrogens (tertiary/aromatic N) is 2. The predicted molar refractivity (Wildman–Crippen MR) is 132 cm³/mol. The number of aliphatic hydroxyl groups excluding tert-OH is 1. The molecule has 1 heterocycles. The van der Waals surface area contributed by atoms with Crippen LogP contribution in [0.1, 0.15) is 78.6 Å². The van der Waals surface area contributed by atoms with Crippen molar-refractivity contribution in [1.29, 1.82) is 0 Å². The van der Waals surface area contributed by atoms with Crippen LogP contribution in [0.4, 0.5) is 4.39 Å². The molecule has 4 saturated carbocycles. The minimum absolute atomic E-state index is 0.180. The van der Waals surface area contributed by atoms with E-state index in [0.717, 1.165) is 48.4 Å². The Morgan fingerprint density at radius 3 is 2.65 bits per heavy atom. The minimum atomic E-state index is -0.481. The highest BCUT2D eigenvalue weighted by Gasteiger charge is 2.61. The quantitative estimate of drug-likeness (QED) is 0.586. The van der Waals surface area contributed by atoms with Crippen molar-refractivity contribution in [3.8, 4) is 0 Å². The summed E-state index contributed by atoms with van der Waals surface area (Å²) in [5.41, 5.74) is 0.958. The van der Waals surface area contributed by atoms with Gasteiger partial charge in [-0.05, 0) is 123 Å². The van der Waals surface area contributed by atoms with Crippen LogP contribution in [0, 0.1) is 46.2 Å². The van der Waals surface area contributed by atoms with E-state index < -0.39 is 11.7 Å². The molecule has 6 rings (SSSR count). The molecule has 4 fully saturated rings. The van der Waals surface area contributed by atoms with Gasteiger partial charge in [0.05, 0.1) is 30.0 Å². The number of aliphatic hydroxyl groups is 2. The standard InChI is InChI=1S/C29H41FN2O2/c1-27(34)12-13-28(2)19(15-27)4-6-21-22-7-8-24(29(22,3)11-10-23(21)28)26(33)17-32-25-9-5-20(30)14-18(25)16-31-32/h5,9,14,16,19,21-24,26,33-34H,4,6-8,10-13,15,17H2,1-3H3/t19-,21?,22-,23-,24+,26?,27+,28-,29-/m0/s1. The Balaban J connectivity index is 1.21. The molecule has 4 aliphatic carbocycles. The van der Waals surface area contributed by atoms with Crippen molar-refractivity contribution < 1.29 is 14.6 Å². The SMILES string of the molecule is C[C@@]1(O)CC[C@@]2(C)[C@@H](CCC3[C@@H]2CC[C@]2(C)[C@@H](C(O)Cn4ncc5cc(F)ccc54)CC[C@@H]32)C1. The normalized spacial score (nSPS) is 44.9. The number of aromatic nitrogens is 2.